The van der Waals surface area contributed by atoms with E-state index >= 15 is 0 Å². The van der Waals surface area contributed by atoms with Crippen LogP contribution in [-0.2, 0) is 30.8 Å². The number of aliphatic carboxylic acids is 1. The van der Waals surface area contributed by atoms with Gasteiger partial charge in [-0.1, -0.05) is 30.3 Å². The Labute approximate surface area is 203 Å². The molecule has 0 aliphatic carbocycles. The number of aliphatic hydroxyl groups is 1. The van der Waals surface area contributed by atoms with Crippen molar-refractivity contribution in [2.45, 2.75) is 56.0 Å². The predicted molar refractivity (Wildman–Crippen MR) is 104 cm³/mol. The Kier molecular flexibility index (Phi) is 7.05. The van der Waals surface area contributed by atoms with Crippen LogP contribution in [0.15, 0.2) is 30.3 Å². The summed E-state index contributed by atoms with van der Waals surface area (Å²) in [6, 6.07) is 7.33. The first-order valence-corrected chi connectivity index (χ1v) is 11.2. The van der Waals surface area contributed by atoms with Gasteiger partial charge in [-0.25, -0.2) is 8.42 Å². The van der Waals surface area contributed by atoms with Gasteiger partial charge in [0.1, 0.15) is 11.3 Å². The van der Waals surface area contributed by atoms with Crippen LogP contribution in [0, 0.1) is 5.92 Å². The molecule has 3 rings (SSSR count). The number of carbonyl (C=O) groups excluding carboxylic acids is 3. The van der Waals surface area contributed by atoms with Gasteiger partial charge in [-0.2, -0.15) is 0 Å². The molecule has 0 bridgehead atoms. The fourth-order valence-electron chi connectivity index (χ4n) is 4.39. The molecule has 2 aliphatic heterocycles. The summed E-state index contributed by atoms with van der Waals surface area (Å²) in [5, 5.41) is 21.0. The van der Waals surface area contributed by atoms with Gasteiger partial charge in [0.05, 0.1) is 16.8 Å². The number of benzene rings is 1. The van der Waals surface area contributed by atoms with Gasteiger partial charge < -0.3 is 24.8 Å². The molecule has 2 fully saturated rings. The molecule has 31 heavy (non-hydrogen) atoms. The number of nitrogens with zero attached hydrogens (tertiary/aromatic N) is 2. The number of hydrogen-bond acceptors (Lipinski definition) is 7. The summed E-state index contributed by atoms with van der Waals surface area (Å²) in [6.45, 7) is 5.61. The fraction of sp³-hybridized carbons (Fsp3) is 0.550. The molecule has 0 aromatic heterocycles. The summed E-state index contributed by atoms with van der Waals surface area (Å²) < 4.78 is 24.2. The first kappa shape index (κ1) is 25.8. The molecule has 0 unspecified atom stereocenters. The second-order valence-electron chi connectivity index (χ2n) is 8.44. The number of carboxylic acid groups (broad SMARTS) is 1. The van der Waals surface area contributed by atoms with Gasteiger partial charge in [-0.15, -0.1) is 0 Å². The summed E-state index contributed by atoms with van der Waals surface area (Å²) in [7, 11) is -4.20. The van der Waals surface area contributed by atoms with E-state index < -0.39 is 55.3 Å². The Morgan fingerprint density at radius 3 is 2.29 bits per heavy atom. The van der Waals surface area contributed by atoms with Crippen LogP contribution in [0.2, 0.25) is 0 Å². The first-order chi connectivity index (χ1) is 13.8. The van der Waals surface area contributed by atoms with Crippen molar-refractivity contribution in [2.75, 3.05) is 6.54 Å². The van der Waals surface area contributed by atoms with Gasteiger partial charge >= 0.3 is 29.6 Å². The largest absolute Gasteiger partial charge is 1.00 e. The van der Waals surface area contributed by atoms with E-state index in [0.717, 1.165) is 12.5 Å². The Hall–Kier alpha value is -1.46. The first-order valence-electron chi connectivity index (χ1n) is 9.62. The normalized spacial score (nSPS) is 27.3. The van der Waals surface area contributed by atoms with Crippen LogP contribution in [-0.4, -0.2) is 69.4 Å². The van der Waals surface area contributed by atoms with E-state index in [0.29, 0.717) is 4.90 Å². The molecule has 0 saturated carbocycles. The molecule has 1 aromatic carbocycles. The van der Waals surface area contributed by atoms with E-state index in [-0.39, 0.29) is 42.6 Å². The predicted octanol–water partition coefficient (Wildman–Crippen LogP) is -4.10. The standard InChI is InChI=1S/C20H26N2O7S.Na/c1-5-21(11-12-9-7-6-8-10-12)18(26)20(4,27)13-15(23)22-14(17(24)25)19(2,3)30(28,29)16(13)22;/h6-10,13-14,16,27H,5,11H2,1-4H3,(H,24,25);/q;+1/p-1/t13-,14+,16-,20+;/m1./s1. The molecule has 0 radical (unpaired) electrons. The molecule has 9 nitrogen and oxygen atoms in total. The van der Waals surface area contributed by atoms with Crippen LogP contribution in [0.5, 0.6) is 0 Å². The zero-order valence-corrected chi connectivity index (χ0v) is 21.0. The molecule has 2 aliphatic rings. The summed E-state index contributed by atoms with van der Waals surface area (Å²) in [6.07, 6.45) is 0. The van der Waals surface area contributed by atoms with Gasteiger partial charge in [0, 0.05) is 13.1 Å². The van der Waals surface area contributed by atoms with Gasteiger partial charge in [0.2, 0.25) is 5.91 Å². The third kappa shape index (κ3) is 3.72. The molecule has 1 N–H and O–H groups in total. The van der Waals surface area contributed by atoms with E-state index in [4.69, 9.17) is 0 Å². The number of carboxylic acids is 1. The van der Waals surface area contributed by atoms with E-state index in [1.54, 1.807) is 31.2 Å². The van der Waals surface area contributed by atoms with Crippen molar-refractivity contribution in [3.05, 3.63) is 35.9 Å². The van der Waals surface area contributed by atoms with Crippen LogP contribution in [0.4, 0.5) is 0 Å². The smallest absolute Gasteiger partial charge is 0.548 e. The average Bonchev–Trinajstić information content (AvgIpc) is 2.80. The molecule has 2 amide bonds. The maximum atomic E-state index is 13.1. The van der Waals surface area contributed by atoms with Gasteiger partial charge in [-0.3, -0.25) is 9.59 Å². The fourth-order valence-corrected chi connectivity index (χ4v) is 6.80. The van der Waals surface area contributed by atoms with Crippen LogP contribution in [0.25, 0.3) is 0 Å². The Bertz CT molecular complexity index is 994. The van der Waals surface area contributed by atoms with Crippen molar-refractivity contribution in [1.82, 2.24) is 9.80 Å². The van der Waals surface area contributed by atoms with Gasteiger partial charge in [0.15, 0.2) is 15.4 Å². The number of β-lactam (4-membered cyclic amide) rings is 1. The maximum absolute atomic E-state index is 13.1. The third-order valence-corrected chi connectivity index (χ3v) is 9.04. The van der Waals surface area contributed by atoms with Gasteiger partial charge in [0.25, 0.3) is 5.91 Å². The molecule has 11 heteroatoms. The summed E-state index contributed by atoms with van der Waals surface area (Å²) in [5.74, 6) is -4.97. The van der Waals surface area contributed by atoms with Gasteiger partial charge in [-0.05, 0) is 33.3 Å². The number of carbonyl (C=O) groups is 3. The van der Waals surface area contributed by atoms with Crippen LogP contribution >= 0.6 is 0 Å². The minimum Gasteiger partial charge on any atom is -0.548 e. The zero-order chi connectivity index (χ0) is 22.6. The van der Waals surface area contributed by atoms with Crippen molar-refractivity contribution >= 4 is 27.6 Å². The van der Waals surface area contributed by atoms with E-state index in [2.05, 4.69) is 0 Å². The number of rotatable bonds is 6. The number of likely N-dealkylation sites (N-methyl/N-ethyl adjacent to an activating group) is 1. The van der Waals surface area contributed by atoms with Crippen molar-refractivity contribution in [3.8, 4) is 0 Å². The van der Waals surface area contributed by atoms with Crippen LogP contribution in [0.1, 0.15) is 33.3 Å². The number of amides is 2. The van der Waals surface area contributed by atoms with Crippen LogP contribution < -0.4 is 34.7 Å². The maximum Gasteiger partial charge on any atom is 1.00 e. The summed E-state index contributed by atoms with van der Waals surface area (Å²) in [5.41, 5.74) is -1.52. The Balaban J connectivity index is 0.00000341. The molecular formula is C20H25N2NaO7S. The Morgan fingerprint density at radius 1 is 1.26 bits per heavy atom. The topological polar surface area (TPSA) is 135 Å². The molecule has 4 atom stereocenters. The van der Waals surface area contributed by atoms with E-state index in [1.807, 2.05) is 6.07 Å². The second-order valence-corrected chi connectivity index (χ2v) is 11.1. The Morgan fingerprint density at radius 2 is 1.81 bits per heavy atom. The number of hydrogen-bond donors (Lipinski definition) is 1. The summed E-state index contributed by atoms with van der Waals surface area (Å²) in [4.78, 5) is 39.6. The quantitative estimate of drug-likeness (QED) is 0.337. The van der Waals surface area contributed by atoms with Crippen molar-refractivity contribution in [2.24, 2.45) is 5.92 Å². The average molecular weight is 460 g/mol. The molecule has 1 aromatic rings. The minimum absolute atomic E-state index is 0. The molecule has 0 spiro atoms. The van der Waals surface area contributed by atoms with Crippen molar-refractivity contribution in [1.29, 1.82) is 0 Å². The number of sulfone groups is 1. The molecular weight excluding hydrogens is 435 g/mol. The molecule has 2 heterocycles. The van der Waals surface area contributed by atoms with E-state index in [9.17, 15) is 33.0 Å². The van der Waals surface area contributed by atoms with Crippen molar-refractivity contribution in [3.63, 3.8) is 0 Å². The zero-order valence-electron chi connectivity index (χ0n) is 18.2. The molecule has 164 valence electrons. The van der Waals surface area contributed by atoms with Crippen molar-refractivity contribution < 1.29 is 62.6 Å². The third-order valence-electron chi connectivity index (χ3n) is 6.21. The SMILES string of the molecule is CCN(Cc1ccccc1)C(=O)[C@@](C)(O)[C@@H]1C(=O)N2[C@@H](C(=O)[O-])C(C)(C)S(=O)(=O)[C@H]12.[Na+]. The van der Waals surface area contributed by atoms with E-state index in [1.165, 1.54) is 18.7 Å². The number of fused-ring (bicyclic) bond motifs is 1. The monoisotopic (exact) mass is 460 g/mol. The molecule has 2 saturated heterocycles. The second kappa shape index (κ2) is 8.47. The minimum atomic E-state index is -4.20. The summed E-state index contributed by atoms with van der Waals surface area (Å²) >= 11 is 0. The van der Waals surface area contributed by atoms with Crippen LogP contribution in [0.3, 0.4) is 0 Å².